The molecule has 2 aromatic rings. The predicted molar refractivity (Wildman–Crippen MR) is 152 cm³/mol. The molecule has 0 aliphatic heterocycles. The zero-order valence-electron chi connectivity index (χ0n) is 24.4. The van der Waals surface area contributed by atoms with Crippen molar-refractivity contribution in [3.63, 3.8) is 0 Å². The van der Waals surface area contributed by atoms with E-state index in [-0.39, 0.29) is 18.5 Å². The van der Waals surface area contributed by atoms with Crippen LogP contribution in [0.4, 0.5) is 11.4 Å². The average molecular weight is 515 g/mol. The fourth-order valence-electron chi connectivity index (χ4n) is 3.27. The first-order valence-corrected chi connectivity index (χ1v) is 12.9. The van der Waals surface area contributed by atoms with Gasteiger partial charge in [-0.15, -0.1) is 0 Å². The molecule has 0 aliphatic carbocycles. The maximum absolute atomic E-state index is 12.5. The molecule has 0 aromatic heterocycles. The largest absolute Gasteiger partial charge is 0.462 e. The first kappa shape index (κ1) is 32.0. The lowest BCUT2D eigenvalue weighted by atomic mass is 10.0. The lowest BCUT2D eigenvalue weighted by Gasteiger charge is -2.29. The number of hydrogen-bond donors (Lipinski definition) is 0. The van der Waals surface area contributed by atoms with Gasteiger partial charge in [0.15, 0.2) is 0 Å². The van der Waals surface area contributed by atoms with Gasteiger partial charge in [0, 0.05) is 52.4 Å². The first-order chi connectivity index (χ1) is 17.3. The highest BCUT2D eigenvalue weighted by molar-refractivity contribution is 5.90. The summed E-state index contributed by atoms with van der Waals surface area (Å²) in [4.78, 5) is 28.8. The highest BCUT2D eigenvalue weighted by Gasteiger charge is 2.26. The summed E-state index contributed by atoms with van der Waals surface area (Å²) in [6.45, 7) is 12.3. The van der Waals surface area contributed by atoms with Gasteiger partial charge in [0.05, 0.1) is 29.9 Å². The van der Waals surface area contributed by atoms with Gasteiger partial charge >= 0.3 is 11.9 Å². The normalized spacial score (nSPS) is 11.2. The Kier molecular flexibility index (Phi) is 12.6. The van der Waals surface area contributed by atoms with Crippen LogP contribution in [0.5, 0.6) is 0 Å². The SMILES string of the molecule is CC.CN(C)c1ccc(C(=O)OCCC(C)(C)OCCC(C)(C)OC(=O)c2ccc(N(C)C)cc2)cc1. The van der Waals surface area contributed by atoms with Crippen molar-refractivity contribution in [2.24, 2.45) is 0 Å². The molecule has 0 aliphatic rings. The first-order valence-electron chi connectivity index (χ1n) is 12.9. The summed E-state index contributed by atoms with van der Waals surface area (Å²) in [6, 6.07) is 14.6. The molecule has 0 spiro atoms. The van der Waals surface area contributed by atoms with Crippen molar-refractivity contribution in [3.8, 4) is 0 Å². The number of ether oxygens (including phenoxy) is 3. The molecule has 0 saturated carbocycles. The fraction of sp³-hybridized carbons (Fsp3) is 0.533. The Morgan fingerprint density at radius 3 is 1.49 bits per heavy atom. The third kappa shape index (κ3) is 11.3. The zero-order valence-corrected chi connectivity index (χ0v) is 24.4. The second-order valence-electron chi connectivity index (χ2n) is 10.3. The van der Waals surface area contributed by atoms with Gasteiger partial charge in [-0.1, -0.05) is 13.8 Å². The molecule has 0 saturated heterocycles. The Bertz CT molecular complexity index is 964. The molecule has 2 aromatic carbocycles. The van der Waals surface area contributed by atoms with Crippen molar-refractivity contribution in [1.82, 2.24) is 0 Å². The topological polar surface area (TPSA) is 68.3 Å². The van der Waals surface area contributed by atoms with E-state index in [9.17, 15) is 9.59 Å². The van der Waals surface area contributed by atoms with Crippen molar-refractivity contribution in [3.05, 3.63) is 59.7 Å². The molecule has 206 valence electrons. The van der Waals surface area contributed by atoms with E-state index in [1.807, 2.05) is 104 Å². The maximum atomic E-state index is 12.5. The number of esters is 2. The molecule has 2 rings (SSSR count). The summed E-state index contributed by atoms with van der Waals surface area (Å²) in [5, 5.41) is 0. The van der Waals surface area contributed by atoms with Crippen LogP contribution in [-0.2, 0) is 14.2 Å². The molecule has 0 bridgehead atoms. The van der Waals surface area contributed by atoms with Gasteiger partial charge in [0.25, 0.3) is 0 Å². The highest BCUT2D eigenvalue weighted by atomic mass is 16.6. The highest BCUT2D eigenvalue weighted by Crippen LogP contribution is 2.22. The lowest BCUT2D eigenvalue weighted by Crippen LogP contribution is -2.33. The summed E-state index contributed by atoms with van der Waals surface area (Å²) >= 11 is 0. The molecule has 0 N–H and O–H groups in total. The van der Waals surface area contributed by atoms with E-state index in [0.717, 1.165) is 11.4 Å². The van der Waals surface area contributed by atoms with Crippen LogP contribution in [0.15, 0.2) is 48.5 Å². The van der Waals surface area contributed by atoms with E-state index in [1.165, 1.54) is 0 Å². The third-order valence-corrected chi connectivity index (χ3v) is 5.74. The van der Waals surface area contributed by atoms with Gasteiger partial charge in [-0.05, 0) is 76.2 Å². The number of nitrogens with zero attached hydrogens (tertiary/aromatic N) is 2. The molecular weight excluding hydrogens is 468 g/mol. The second-order valence-corrected chi connectivity index (χ2v) is 10.3. The van der Waals surface area contributed by atoms with Crippen LogP contribution in [-0.4, -0.2) is 64.5 Å². The van der Waals surface area contributed by atoms with Crippen molar-refractivity contribution >= 4 is 23.3 Å². The van der Waals surface area contributed by atoms with E-state index in [2.05, 4.69) is 0 Å². The third-order valence-electron chi connectivity index (χ3n) is 5.74. The Hall–Kier alpha value is -3.06. The quantitative estimate of drug-likeness (QED) is 0.312. The van der Waals surface area contributed by atoms with Crippen LogP contribution in [0.3, 0.4) is 0 Å². The molecule has 0 amide bonds. The van der Waals surface area contributed by atoms with Crippen LogP contribution in [0, 0.1) is 0 Å². The van der Waals surface area contributed by atoms with Crippen molar-refractivity contribution < 1.29 is 23.8 Å². The van der Waals surface area contributed by atoms with Gasteiger partial charge < -0.3 is 24.0 Å². The summed E-state index contributed by atoms with van der Waals surface area (Å²) in [6.07, 6.45) is 1.09. The molecule has 0 unspecified atom stereocenters. The van der Waals surface area contributed by atoms with Gasteiger partial charge in [-0.25, -0.2) is 9.59 Å². The molecule has 0 atom stereocenters. The van der Waals surface area contributed by atoms with Crippen LogP contribution < -0.4 is 9.80 Å². The minimum atomic E-state index is -0.682. The van der Waals surface area contributed by atoms with E-state index >= 15 is 0 Å². The number of rotatable bonds is 12. The van der Waals surface area contributed by atoms with Gasteiger partial charge in [-0.2, -0.15) is 0 Å². The Balaban J connectivity index is 0.00000334. The van der Waals surface area contributed by atoms with Crippen molar-refractivity contribution in [1.29, 1.82) is 0 Å². The molecule has 0 heterocycles. The van der Waals surface area contributed by atoms with E-state index < -0.39 is 11.2 Å². The van der Waals surface area contributed by atoms with Crippen molar-refractivity contribution in [2.75, 3.05) is 51.2 Å². The average Bonchev–Trinajstić information content (AvgIpc) is 2.84. The van der Waals surface area contributed by atoms with Gasteiger partial charge in [0.1, 0.15) is 5.60 Å². The summed E-state index contributed by atoms with van der Waals surface area (Å²) in [7, 11) is 7.80. The van der Waals surface area contributed by atoms with Crippen LogP contribution in [0.25, 0.3) is 0 Å². The van der Waals surface area contributed by atoms with E-state index in [1.54, 1.807) is 24.3 Å². The second kappa shape index (κ2) is 14.6. The van der Waals surface area contributed by atoms with E-state index in [4.69, 9.17) is 14.2 Å². The molecular formula is C30H46N2O5. The lowest BCUT2D eigenvalue weighted by molar-refractivity contribution is -0.0636. The number of anilines is 2. The molecule has 7 heteroatoms. The minimum Gasteiger partial charge on any atom is -0.462 e. The standard InChI is InChI=1S/C28H40N2O5.C2H6/c1-27(2,17-19-33-25(31)21-9-13-23(14-10-21)29(5)6)34-20-18-28(3,4)35-26(32)22-11-15-24(16-12-22)30(7)8;1-2/h9-16H,17-20H2,1-8H3;1-2H3. The predicted octanol–water partition coefficient (Wildman–Crippen LogP) is 6.21. The zero-order chi connectivity index (χ0) is 28.2. The van der Waals surface area contributed by atoms with Crippen molar-refractivity contribution in [2.45, 2.75) is 65.6 Å². The van der Waals surface area contributed by atoms with E-state index in [0.29, 0.717) is 30.6 Å². The van der Waals surface area contributed by atoms with Crippen LogP contribution in [0.1, 0.15) is 75.1 Å². The molecule has 7 nitrogen and oxygen atoms in total. The number of benzene rings is 2. The summed E-state index contributed by atoms with van der Waals surface area (Å²) in [5.41, 5.74) is 1.91. The van der Waals surface area contributed by atoms with Gasteiger partial charge in [-0.3, -0.25) is 0 Å². The summed E-state index contributed by atoms with van der Waals surface area (Å²) in [5.74, 6) is -0.706. The number of hydrogen-bond acceptors (Lipinski definition) is 7. The molecule has 0 fully saturated rings. The molecule has 0 radical (unpaired) electrons. The fourth-order valence-corrected chi connectivity index (χ4v) is 3.27. The number of carbonyl (C=O) groups is 2. The monoisotopic (exact) mass is 514 g/mol. The maximum Gasteiger partial charge on any atom is 0.338 e. The Morgan fingerprint density at radius 1 is 0.649 bits per heavy atom. The molecule has 37 heavy (non-hydrogen) atoms. The Morgan fingerprint density at radius 2 is 1.05 bits per heavy atom. The smallest absolute Gasteiger partial charge is 0.338 e. The van der Waals surface area contributed by atoms with Gasteiger partial charge in [0.2, 0.25) is 0 Å². The van der Waals surface area contributed by atoms with Crippen LogP contribution in [0.2, 0.25) is 0 Å². The van der Waals surface area contributed by atoms with Crippen LogP contribution >= 0.6 is 0 Å². The Labute approximate surface area is 223 Å². The minimum absolute atomic E-state index is 0.253. The number of carbonyl (C=O) groups excluding carboxylic acids is 2. The summed E-state index contributed by atoms with van der Waals surface area (Å²) < 4.78 is 17.2.